The summed E-state index contributed by atoms with van der Waals surface area (Å²) >= 11 is 0. The molecule has 1 saturated heterocycles. The van der Waals surface area contributed by atoms with E-state index in [2.05, 4.69) is 36.9 Å². The molecule has 1 aliphatic heterocycles. The monoisotopic (exact) mass is 562 g/mol. The zero-order valence-electron chi connectivity index (χ0n) is 22.4. The molecule has 3 aromatic rings. The van der Waals surface area contributed by atoms with Crippen molar-refractivity contribution in [3.63, 3.8) is 0 Å². The number of nitrogens with zero attached hydrogens (tertiary/aromatic N) is 4. The minimum atomic E-state index is -4.67. The predicted molar refractivity (Wildman–Crippen MR) is 146 cm³/mol. The highest BCUT2D eigenvalue weighted by Crippen LogP contribution is 2.33. The van der Waals surface area contributed by atoms with Gasteiger partial charge in [-0.1, -0.05) is 12.1 Å². The maximum Gasteiger partial charge on any atom is 0.419 e. The van der Waals surface area contributed by atoms with E-state index in [9.17, 15) is 21.6 Å². The van der Waals surface area contributed by atoms with E-state index in [0.717, 1.165) is 38.1 Å². The van der Waals surface area contributed by atoms with Crippen LogP contribution in [0.3, 0.4) is 0 Å². The lowest BCUT2D eigenvalue weighted by atomic mass is 10.1. The van der Waals surface area contributed by atoms with Crippen LogP contribution in [0.1, 0.15) is 37.6 Å². The number of anilines is 3. The second-order valence-electron chi connectivity index (χ2n) is 10.7. The minimum absolute atomic E-state index is 0.0172. The van der Waals surface area contributed by atoms with E-state index >= 15 is 0 Å². The molecule has 8 nitrogen and oxygen atoms in total. The Kier molecular flexibility index (Phi) is 8.20. The summed E-state index contributed by atoms with van der Waals surface area (Å²) in [4.78, 5) is 12.6. The van der Waals surface area contributed by atoms with E-state index in [0.29, 0.717) is 11.3 Å². The van der Waals surface area contributed by atoms with Crippen LogP contribution in [0.4, 0.5) is 30.5 Å². The molecule has 39 heavy (non-hydrogen) atoms. The van der Waals surface area contributed by atoms with E-state index in [1.165, 1.54) is 18.2 Å². The standard InChI is InChI=1S/C27H33F3N6O2S/c1-26(2,3)34-39(37,38)22-7-5-6-19(16-22)17-24-23(27(28,29)30)18-31-25(33-24)32-20-8-10-21(11-9-20)36-14-12-35(4)13-15-36/h5-11,16,18,34H,12-15,17H2,1-4H3,(H,31,32,33). The van der Waals surface area contributed by atoms with Gasteiger partial charge in [0.1, 0.15) is 0 Å². The number of halogens is 3. The van der Waals surface area contributed by atoms with Gasteiger partial charge in [0.15, 0.2) is 0 Å². The number of piperazine rings is 1. The van der Waals surface area contributed by atoms with Gasteiger partial charge in [0.25, 0.3) is 0 Å². The minimum Gasteiger partial charge on any atom is -0.369 e. The molecule has 1 aliphatic rings. The summed E-state index contributed by atoms with van der Waals surface area (Å²) < 4.78 is 69.4. The van der Waals surface area contributed by atoms with Crippen molar-refractivity contribution in [2.75, 3.05) is 43.4 Å². The maximum absolute atomic E-state index is 13.8. The molecule has 0 unspecified atom stereocenters. The molecule has 1 aromatic heterocycles. The summed E-state index contributed by atoms with van der Waals surface area (Å²) in [6.45, 7) is 8.92. The molecule has 12 heteroatoms. The summed E-state index contributed by atoms with van der Waals surface area (Å²) in [5, 5.41) is 2.99. The van der Waals surface area contributed by atoms with Gasteiger partial charge in [-0.25, -0.2) is 23.1 Å². The summed E-state index contributed by atoms with van der Waals surface area (Å²) in [6.07, 6.45) is -4.15. The Hall–Kier alpha value is -3.22. The van der Waals surface area contributed by atoms with Crippen LogP contribution in [0.5, 0.6) is 0 Å². The molecule has 1 fully saturated rings. The van der Waals surface area contributed by atoms with E-state index < -0.39 is 27.3 Å². The molecule has 2 aromatic carbocycles. The second kappa shape index (κ2) is 11.1. The average Bonchev–Trinajstić information content (AvgIpc) is 2.83. The molecule has 2 heterocycles. The van der Waals surface area contributed by atoms with Crippen molar-refractivity contribution in [1.29, 1.82) is 0 Å². The topological polar surface area (TPSA) is 90.5 Å². The number of sulfonamides is 1. The first-order chi connectivity index (χ1) is 18.2. The smallest absolute Gasteiger partial charge is 0.369 e. The van der Waals surface area contributed by atoms with Crippen molar-refractivity contribution in [2.24, 2.45) is 0 Å². The zero-order valence-corrected chi connectivity index (χ0v) is 23.2. The van der Waals surface area contributed by atoms with Crippen LogP contribution in [-0.4, -0.2) is 62.1 Å². The lowest BCUT2D eigenvalue weighted by Crippen LogP contribution is -2.44. The highest BCUT2D eigenvalue weighted by atomic mass is 32.2. The highest BCUT2D eigenvalue weighted by Gasteiger charge is 2.35. The summed E-state index contributed by atoms with van der Waals surface area (Å²) in [7, 11) is -1.77. The third-order valence-electron chi connectivity index (χ3n) is 6.19. The van der Waals surface area contributed by atoms with Gasteiger partial charge in [-0.3, -0.25) is 0 Å². The summed E-state index contributed by atoms with van der Waals surface area (Å²) in [5.41, 5.74) is 0.137. The van der Waals surface area contributed by atoms with Gasteiger partial charge in [-0.15, -0.1) is 0 Å². The first kappa shape index (κ1) is 28.8. The molecule has 0 bridgehead atoms. The number of hydrogen-bond donors (Lipinski definition) is 2. The molecule has 4 rings (SSSR count). The molecule has 0 atom stereocenters. The molecule has 0 radical (unpaired) electrons. The van der Waals surface area contributed by atoms with Gasteiger partial charge in [-0.05, 0) is 69.8 Å². The molecule has 0 amide bonds. The van der Waals surface area contributed by atoms with E-state index in [4.69, 9.17) is 0 Å². The van der Waals surface area contributed by atoms with Crippen LogP contribution < -0.4 is 14.9 Å². The quantitative estimate of drug-likeness (QED) is 0.433. The molecule has 210 valence electrons. The van der Waals surface area contributed by atoms with Gasteiger partial charge in [0, 0.05) is 55.7 Å². The van der Waals surface area contributed by atoms with Gasteiger partial charge in [0.05, 0.1) is 16.2 Å². The lowest BCUT2D eigenvalue weighted by molar-refractivity contribution is -0.138. The first-order valence-corrected chi connectivity index (χ1v) is 14.0. The predicted octanol–water partition coefficient (Wildman–Crippen LogP) is 4.66. The van der Waals surface area contributed by atoms with Gasteiger partial charge in [-0.2, -0.15) is 13.2 Å². The number of alkyl halides is 3. The van der Waals surface area contributed by atoms with Crippen molar-refractivity contribution >= 4 is 27.3 Å². The van der Waals surface area contributed by atoms with Gasteiger partial charge < -0.3 is 15.1 Å². The molecule has 0 saturated carbocycles. The van der Waals surface area contributed by atoms with E-state index in [1.807, 2.05) is 24.3 Å². The second-order valence-corrected chi connectivity index (χ2v) is 12.4. The van der Waals surface area contributed by atoms with Crippen LogP contribution in [0.25, 0.3) is 0 Å². The van der Waals surface area contributed by atoms with Crippen LogP contribution in [0.2, 0.25) is 0 Å². The fourth-order valence-corrected chi connectivity index (χ4v) is 5.76. The normalized spacial score (nSPS) is 15.4. The van der Waals surface area contributed by atoms with Crippen LogP contribution >= 0.6 is 0 Å². The molecule has 0 aliphatic carbocycles. The summed E-state index contributed by atoms with van der Waals surface area (Å²) in [6, 6.07) is 13.4. The van der Waals surface area contributed by atoms with Gasteiger partial charge in [0.2, 0.25) is 16.0 Å². The Morgan fingerprint density at radius 1 is 0.974 bits per heavy atom. The number of benzene rings is 2. The number of rotatable bonds is 7. The van der Waals surface area contributed by atoms with Crippen molar-refractivity contribution < 1.29 is 21.6 Å². The molecule has 2 N–H and O–H groups in total. The first-order valence-electron chi connectivity index (χ1n) is 12.6. The van der Waals surface area contributed by atoms with Crippen molar-refractivity contribution in [3.8, 4) is 0 Å². The summed E-state index contributed by atoms with van der Waals surface area (Å²) in [5.74, 6) is 0.0172. The van der Waals surface area contributed by atoms with Crippen LogP contribution in [0.15, 0.2) is 59.6 Å². The van der Waals surface area contributed by atoms with E-state index in [-0.39, 0.29) is 23.0 Å². The van der Waals surface area contributed by atoms with Crippen molar-refractivity contribution in [2.45, 2.75) is 43.8 Å². The Labute approximate surface area is 227 Å². The fraction of sp³-hybridized carbons (Fsp3) is 0.407. The Balaban J connectivity index is 1.56. The molecular weight excluding hydrogens is 529 g/mol. The number of nitrogens with one attached hydrogen (secondary N) is 2. The Bertz CT molecular complexity index is 1400. The number of aromatic nitrogens is 2. The van der Waals surface area contributed by atoms with E-state index in [1.54, 1.807) is 26.8 Å². The van der Waals surface area contributed by atoms with Crippen LogP contribution in [0, 0.1) is 0 Å². The van der Waals surface area contributed by atoms with Crippen LogP contribution in [-0.2, 0) is 22.6 Å². The Morgan fingerprint density at radius 2 is 1.64 bits per heavy atom. The van der Waals surface area contributed by atoms with Gasteiger partial charge >= 0.3 is 6.18 Å². The highest BCUT2D eigenvalue weighted by molar-refractivity contribution is 7.89. The van der Waals surface area contributed by atoms with Crippen molar-refractivity contribution in [3.05, 3.63) is 71.5 Å². The average molecular weight is 563 g/mol. The third kappa shape index (κ3) is 7.68. The fourth-order valence-electron chi connectivity index (χ4n) is 4.28. The SMILES string of the molecule is CN1CCN(c2ccc(Nc3ncc(C(F)(F)F)c(Cc4cccc(S(=O)(=O)NC(C)(C)C)c4)n3)cc2)CC1. The maximum atomic E-state index is 13.8. The number of likely N-dealkylation sites (N-methyl/N-ethyl adjacent to an activating group) is 1. The molecule has 0 spiro atoms. The zero-order chi connectivity index (χ0) is 28.4. The van der Waals surface area contributed by atoms with Crippen molar-refractivity contribution in [1.82, 2.24) is 19.6 Å². The molecular formula is C27H33F3N6O2S. The number of hydrogen-bond acceptors (Lipinski definition) is 7. The largest absolute Gasteiger partial charge is 0.419 e. The lowest BCUT2D eigenvalue weighted by Gasteiger charge is -2.34. The Morgan fingerprint density at radius 3 is 2.26 bits per heavy atom. The third-order valence-corrected chi connectivity index (χ3v) is 7.94.